The number of aryl methyl sites for hydroxylation is 1. The van der Waals surface area contributed by atoms with Gasteiger partial charge in [0.1, 0.15) is 5.82 Å². The van der Waals surface area contributed by atoms with Crippen molar-refractivity contribution in [3.63, 3.8) is 0 Å². The van der Waals surface area contributed by atoms with E-state index in [0.29, 0.717) is 6.54 Å². The topological polar surface area (TPSA) is 42.2 Å². The first-order valence-corrected chi connectivity index (χ1v) is 7.26. The van der Waals surface area contributed by atoms with Crippen LogP contribution >= 0.6 is 0 Å². The number of nitrogens with two attached hydrogens (primary N) is 1. The maximum absolute atomic E-state index is 5.91. The lowest BCUT2D eigenvalue weighted by Crippen LogP contribution is -2.28. The Morgan fingerprint density at radius 3 is 2.35 bits per heavy atom. The van der Waals surface area contributed by atoms with Crippen molar-refractivity contribution in [2.24, 2.45) is 5.73 Å². The van der Waals surface area contributed by atoms with Crippen LogP contribution in [0.4, 0.5) is 5.82 Å². The van der Waals surface area contributed by atoms with E-state index in [-0.39, 0.29) is 0 Å². The molecule has 0 bridgehead atoms. The number of rotatable bonds is 2. The van der Waals surface area contributed by atoms with E-state index < -0.39 is 0 Å². The second-order valence-corrected chi connectivity index (χ2v) is 5.39. The van der Waals surface area contributed by atoms with E-state index in [1.807, 2.05) is 12.3 Å². The standard InChI is InChI=1S/C17H21N3/c1-13-6-9-19-17(16(13)12-18)20-10-7-14-4-2-3-5-15(14)8-11-20/h2-6,9H,7-8,10-12,18H2,1H3. The molecule has 2 aromatic rings. The van der Waals surface area contributed by atoms with Crippen LogP contribution in [0.25, 0.3) is 0 Å². The summed E-state index contributed by atoms with van der Waals surface area (Å²) in [4.78, 5) is 6.97. The third-order valence-electron chi connectivity index (χ3n) is 4.19. The summed E-state index contributed by atoms with van der Waals surface area (Å²) in [7, 11) is 0. The molecule has 0 saturated heterocycles. The van der Waals surface area contributed by atoms with Gasteiger partial charge in [0.05, 0.1) is 0 Å². The Balaban J connectivity index is 1.89. The largest absolute Gasteiger partial charge is 0.356 e. The van der Waals surface area contributed by atoms with Crippen LogP contribution < -0.4 is 10.6 Å². The molecule has 0 radical (unpaired) electrons. The van der Waals surface area contributed by atoms with Crippen molar-refractivity contribution in [3.8, 4) is 0 Å². The van der Waals surface area contributed by atoms with Gasteiger partial charge in [-0.3, -0.25) is 0 Å². The summed E-state index contributed by atoms with van der Waals surface area (Å²) in [5.74, 6) is 1.07. The van der Waals surface area contributed by atoms with E-state index in [9.17, 15) is 0 Å². The molecule has 0 fully saturated rings. The van der Waals surface area contributed by atoms with Crippen LogP contribution in [-0.4, -0.2) is 18.1 Å². The lowest BCUT2D eigenvalue weighted by atomic mass is 10.0. The normalized spacial score (nSPS) is 14.8. The van der Waals surface area contributed by atoms with Crippen molar-refractivity contribution >= 4 is 5.82 Å². The van der Waals surface area contributed by atoms with Gasteiger partial charge in [-0.15, -0.1) is 0 Å². The summed E-state index contributed by atoms with van der Waals surface area (Å²) in [5.41, 5.74) is 11.3. The van der Waals surface area contributed by atoms with Crippen LogP contribution in [0.5, 0.6) is 0 Å². The molecule has 3 heteroatoms. The number of benzene rings is 1. The Kier molecular flexibility index (Phi) is 3.70. The van der Waals surface area contributed by atoms with Gasteiger partial charge in [-0.1, -0.05) is 24.3 Å². The highest BCUT2D eigenvalue weighted by molar-refractivity contribution is 5.51. The Bertz CT molecular complexity index is 580. The molecule has 0 unspecified atom stereocenters. The molecule has 1 aromatic carbocycles. The molecule has 0 aliphatic carbocycles. The molecule has 2 heterocycles. The molecule has 3 rings (SSSR count). The second-order valence-electron chi connectivity index (χ2n) is 5.39. The molecule has 0 saturated carbocycles. The SMILES string of the molecule is Cc1ccnc(N2CCc3ccccc3CC2)c1CN. The molecule has 0 atom stereocenters. The van der Waals surface area contributed by atoms with Gasteiger partial charge in [-0.2, -0.15) is 0 Å². The molecular weight excluding hydrogens is 246 g/mol. The van der Waals surface area contributed by atoms with Crippen LogP contribution in [-0.2, 0) is 19.4 Å². The van der Waals surface area contributed by atoms with Crippen molar-refractivity contribution in [1.29, 1.82) is 0 Å². The molecule has 104 valence electrons. The number of anilines is 1. The van der Waals surface area contributed by atoms with Gasteiger partial charge >= 0.3 is 0 Å². The zero-order chi connectivity index (χ0) is 13.9. The molecule has 1 aliphatic rings. The number of hydrogen-bond acceptors (Lipinski definition) is 3. The van der Waals surface area contributed by atoms with Crippen LogP contribution in [0.15, 0.2) is 36.5 Å². The fourth-order valence-corrected chi connectivity index (χ4v) is 2.98. The fourth-order valence-electron chi connectivity index (χ4n) is 2.98. The Hall–Kier alpha value is -1.87. The molecule has 20 heavy (non-hydrogen) atoms. The van der Waals surface area contributed by atoms with E-state index in [2.05, 4.69) is 41.1 Å². The third kappa shape index (κ3) is 2.41. The quantitative estimate of drug-likeness (QED) is 0.909. The van der Waals surface area contributed by atoms with Gasteiger partial charge in [-0.05, 0) is 42.5 Å². The Labute approximate surface area is 120 Å². The van der Waals surface area contributed by atoms with Crippen molar-refractivity contribution in [2.75, 3.05) is 18.0 Å². The van der Waals surface area contributed by atoms with Gasteiger partial charge < -0.3 is 10.6 Å². The second kappa shape index (κ2) is 5.63. The monoisotopic (exact) mass is 267 g/mol. The highest BCUT2D eigenvalue weighted by Crippen LogP contribution is 2.24. The summed E-state index contributed by atoms with van der Waals surface area (Å²) >= 11 is 0. The van der Waals surface area contributed by atoms with Gasteiger partial charge in [-0.25, -0.2) is 4.98 Å². The lowest BCUT2D eigenvalue weighted by Gasteiger charge is -2.24. The number of fused-ring (bicyclic) bond motifs is 1. The van der Waals surface area contributed by atoms with Crippen LogP contribution in [0, 0.1) is 6.92 Å². The van der Waals surface area contributed by atoms with Gasteiger partial charge in [0.15, 0.2) is 0 Å². The number of hydrogen-bond donors (Lipinski definition) is 1. The summed E-state index contributed by atoms with van der Waals surface area (Å²) in [5, 5.41) is 0. The number of aromatic nitrogens is 1. The summed E-state index contributed by atoms with van der Waals surface area (Å²) in [6.45, 7) is 4.69. The van der Waals surface area contributed by atoms with Crippen molar-refractivity contribution in [1.82, 2.24) is 4.98 Å². The fraction of sp³-hybridized carbons (Fsp3) is 0.353. The first-order chi connectivity index (χ1) is 9.79. The minimum atomic E-state index is 0.554. The highest BCUT2D eigenvalue weighted by atomic mass is 15.2. The van der Waals surface area contributed by atoms with Crippen molar-refractivity contribution in [3.05, 3.63) is 58.8 Å². The minimum absolute atomic E-state index is 0.554. The lowest BCUT2D eigenvalue weighted by molar-refractivity contribution is 0.779. The molecule has 1 aromatic heterocycles. The molecule has 3 nitrogen and oxygen atoms in total. The average Bonchev–Trinajstić information content (AvgIpc) is 2.69. The molecule has 1 aliphatic heterocycles. The minimum Gasteiger partial charge on any atom is -0.356 e. The smallest absolute Gasteiger partial charge is 0.133 e. The van der Waals surface area contributed by atoms with Crippen molar-refractivity contribution < 1.29 is 0 Å². The van der Waals surface area contributed by atoms with Gasteiger partial charge in [0.25, 0.3) is 0 Å². The molecule has 0 spiro atoms. The van der Waals surface area contributed by atoms with E-state index in [4.69, 9.17) is 5.73 Å². The van der Waals surface area contributed by atoms with Crippen LogP contribution in [0.3, 0.4) is 0 Å². The zero-order valence-corrected chi connectivity index (χ0v) is 12.0. The Morgan fingerprint density at radius 1 is 1.10 bits per heavy atom. The van der Waals surface area contributed by atoms with Crippen LogP contribution in [0.1, 0.15) is 22.3 Å². The van der Waals surface area contributed by atoms with Crippen LogP contribution in [0.2, 0.25) is 0 Å². The number of pyridine rings is 1. The first kappa shape index (κ1) is 13.1. The van der Waals surface area contributed by atoms with Gasteiger partial charge in [0.2, 0.25) is 0 Å². The highest BCUT2D eigenvalue weighted by Gasteiger charge is 2.17. The average molecular weight is 267 g/mol. The predicted octanol–water partition coefficient (Wildman–Crippen LogP) is 2.45. The van der Waals surface area contributed by atoms with Crippen molar-refractivity contribution in [2.45, 2.75) is 26.3 Å². The molecule has 0 amide bonds. The van der Waals surface area contributed by atoms with E-state index >= 15 is 0 Å². The summed E-state index contributed by atoms with van der Waals surface area (Å²) in [6.07, 6.45) is 4.05. The zero-order valence-electron chi connectivity index (χ0n) is 12.0. The van der Waals surface area contributed by atoms with Gasteiger partial charge in [0, 0.05) is 31.4 Å². The maximum Gasteiger partial charge on any atom is 0.133 e. The number of nitrogens with zero attached hydrogens (tertiary/aromatic N) is 2. The van der Waals surface area contributed by atoms with E-state index in [0.717, 1.165) is 31.7 Å². The third-order valence-corrected chi connectivity index (χ3v) is 4.19. The molecule has 2 N–H and O–H groups in total. The van der Waals surface area contributed by atoms with E-state index in [1.165, 1.54) is 22.3 Å². The predicted molar refractivity (Wildman–Crippen MR) is 82.9 cm³/mol. The maximum atomic E-state index is 5.91. The summed E-state index contributed by atoms with van der Waals surface area (Å²) < 4.78 is 0. The van der Waals surface area contributed by atoms with E-state index in [1.54, 1.807) is 0 Å². The summed E-state index contributed by atoms with van der Waals surface area (Å²) in [6, 6.07) is 10.8. The molecular formula is C17H21N3. The first-order valence-electron chi connectivity index (χ1n) is 7.26. The Morgan fingerprint density at radius 2 is 1.75 bits per heavy atom.